The number of likely N-dealkylation sites (tertiary alicyclic amines) is 2. The summed E-state index contributed by atoms with van der Waals surface area (Å²) in [5.41, 5.74) is 0.823. The molecule has 2 aliphatic heterocycles. The summed E-state index contributed by atoms with van der Waals surface area (Å²) < 4.78 is 0.947. The van der Waals surface area contributed by atoms with Crippen molar-refractivity contribution in [3.8, 4) is 0 Å². The third kappa shape index (κ3) is 3.64. The number of benzene rings is 1. The molecule has 3 amide bonds. The lowest BCUT2D eigenvalue weighted by Crippen LogP contribution is -2.48. The van der Waals surface area contributed by atoms with Crippen molar-refractivity contribution in [3.05, 3.63) is 23.2 Å². The highest BCUT2D eigenvalue weighted by molar-refractivity contribution is 7.22. The van der Waals surface area contributed by atoms with E-state index in [-0.39, 0.29) is 17.9 Å². The number of carbonyl (C=O) groups is 2. The molecule has 4 rings (SSSR count). The Morgan fingerprint density at radius 1 is 1.15 bits per heavy atom. The molecule has 2 aliphatic rings. The fourth-order valence-electron chi connectivity index (χ4n) is 3.63. The number of nitrogens with one attached hydrogen (secondary N) is 1. The summed E-state index contributed by atoms with van der Waals surface area (Å²) in [6.07, 6.45) is 3.80. The van der Waals surface area contributed by atoms with Crippen molar-refractivity contribution in [1.29, 1.82) is 0 Å². The Morgan fingerprint density at radius 2 is 1.92 bits per heavy atom. The van der Waals surface area contributed by atoms with Crippen molar-refractivity contribution >= 4 is 50.2 Å². The van der Waals surface area contributed by atoms with Gasteiger partial charge < -0.3 is 15.1 Å². The SMILES string of the molecule is O=C(Nc1nc2ccc(Cl)cc2s1)[C@@H]1CCCN(C(=O)N2CCCC2)C1. The van der Waals surface area contributed by atoms with Gasteiger partial charge in [0.25, 0.3) is 0 Å². The van der Waals surface area contributed by atoms with Gasteiger partial charge in [0, 0.05) is 31.2 Å². The Morgan fingerprint density at radius 3 is 2.73 bits per heavy atom. The van der Waals surface area contributed by atoms with Crippen molar-refractivity contribution in [2.24, 2.45) is 5.92 Å². The number of carbonyl (C=O) groups excluding carboxylic acids is 2. The van der Waals surface area contributed by atoms with E-state index in [1.807, 2.05) is 21.9 Å². The predicted octanol–water partition coefficient (Wildman–Crippen LogP) is 3.82. The minimum atomic E-state index is -0.189. The van der Waals surface area contributed by atoms with Crippen molar-refractivity contribution in [2.45, 2.75) is 25.7 Å². The van der Waals surface area contributed by atoms with Crippen LogP contribution in [0.5, 0.6) is 0 Å². The van der Waals surface area contributed by atoms with E-state index in [0.717, 1.165) is 55.5 Å². The molecule has 1 atom stereocenters. The molecule has 0 saturated carbocycles. The summed E-state index contributed by atoms with van der Waals surface area (Å²) >= 11 is 7.42. The van der Waals surface area contributed by atoms with E-state index in [1.54, 1.807) is 6.07 Å². The maximum Gasteiger partial charge on any atom is 0.320 e. The molecule has 1 aromatic carbocycles. The Balaban J connectivity index is 1.41. The van der Waals surface area contributed by atoms with Crippen LogP contribution in [-0.2, 0) is 4.79 Å². The van der Waals surface area contributed by atoms with Crippen LogP contribution in [-0.4, -0.2) is 52.9 Å². The number of nitrogens with zero attached hydrogens (tertiary/aromatic N) is 3. The zero-order valence-corrected chi connectivity index (χ0v) is 16.0. The summed E-state index contributed by atoms with van der Waals surface area (Å²) in [7, 11) is 0. The first kappa shape index (κ1) is 17.5. The summed E-state index contributed by atoms with van der Waals surface area (Å²) in [6, 6.07) is 5.56. The van der Waals surface area contributed by atoms with E-state index in [0.29, 0.717) is 16.7 Å². The molecule has 0 bridgehead atoms. The van der Waals surface area contributed by atoms with Gasteiger partial charge in [0.15, 0.2) is 5.13 Å². The number of piperidine rings is 1. The Bertz CT molecular complexity index is 834. The van der Waals surface area contributed by atoms with Gasteiger partial charge in [0.2, 0.25) is 5.91 Å². The summed E-state index contributed by atoms with van der Waals surface area (Å²) in [5.74, 6) is -0.250. The number of hydrogen-bond donors (Lipinski definition) is 1. The number of anilines is 1. The molecule has 6 nitrogen and oxygen atoms in total. The monoisotopic (exact) mass is 392 g/mol. The second-order valence-electron chi connectivity index (χ2n) is 6.88. The average molecular weight is 393 g/mol. The number of halogens is 1. The normalized spacial score (nSPS) is 20.6. The van der Waals surface area contributed by atoms with Crippen molar-refractivity contribution in [3.63, 3.8) is 0 Å². The number of amides is 3. The van der Waals surface area contributed by atoms with Gasteiger partial charge in [-0.2, -0.15) is 0 Å². The molecular formula is C18H21ClN4O2S. The van der Waals surface area contributed by atoms with Gasteiger partial charge in [-0.05, 0) is 43.9 Å². The number of thiazole rings is 1. The number of urea groups is 1. The van der Waals surface area contributed by atoms with E-state index in [1.165, 1.54) is 11.3 Å². The van der Waals surface area contributed by atoms with Crippen molar-refractivity contribution in [2.75, 3.05) is 31.5 Å². The van der Waals surface area contributed by atoms with Crippen LogP contribution in [0.3, 0.4) is 0 Å². The molecule has 2 saturated heterocycles. The lowest BCUT2D eigenvalue weighted by atomic mass is 9.97. The summed E-state index contributed by atoms with van der Waals surface area (Å²) in [4.78, 5) is 33.4. The van der Waals surface area contributed by atoms with Crippen LogP contribution in [0.2, 0.25) is 5.02 Å². The molecular weight excluding hydrogens is 372 g/mol. The largest absolute Gasteiger partial charge is 0.325 e. The zero-order valence-electron chi connectivity index (χ0n) is 14.4. The highest BCUT2D eigenvalue weighted by Crippen LogP contribution is 2.29. The first-order valence-electron chi connectivity index (χ1n) is 9.01. The molecule has 138 valence electrons. The maximum atomic E-state index is 12.7. The molecule has 26 heavy (non-hydrogen) atoms. The Hall–Kier alpha value is -1.86. The molecule has 8 heteroatoms. The molecule has 3 heterocycles. The predicted molar refractivity (Wildman–Crippen MR) is 104 cm³/mol. The fraction of sp³-hybridized carbons (Fsp3) is 0.500. The Labute approximate surface area is 161 Å². The van der Waals surface area contributed by atoms with Gasteiger partial charge in [0.05, 0.1) is 16.1 Å². The van der Waals surface area contributed by atoms with Crippen LogP contribution in [0.4, 0.5) is 9.93 Å². The third-order valence-electron chi connectivity index (χ3n) is 5.02. The van der Waals surface area contributed by atoms with E-state index in [2.05, 4.69) is 10.3 Å². The second kappa shape index (κ2) is 7.40. The van der Waals surface area contributed by atoms with E-state index in [4.69, 9.17) is 11.6 Å². The lowest BCUT2D eigenvalue weighted by Gasteiger charge is -2.34. The molecule has 0 unspecified atom stereocenters. The van der Waals surface area contributed by atoms with Crippen LogP contribution < -0.4 is 5.32 Å². The van der Waals surface area contributed by atoms with Crippen molar-refractivity contribution < 1.29 is 9.59 Å². The maximum absolute atomic E-state index is 12.7. The minimum Gasteiger partial charge on any atom is -0.325 e. The van der Waals surface area contributed by atoms with Crippen LogP contribution in [0, 0.1) is 5.92 Å². The quantitative estimate of drug-likeness (QED) is 0.844. The van der Waals surface area contributed by atoms with E-state index in [9.17, 15) is 9.59 Å². The van der Waals surface area contributed by atoms with Gasteiger partial charge in [-0.3, -0.25) is 4.79 Å². The van der Waals surface area contributed by atoms with Crippen LogP contribution >= 0.6 is 22.9 Å². The second-order valence-corrected chi connectivity index (χ2v) is 8.35. The van der Waals surface area contributed by atoms with Gasteiger partial charge >= 0.3 is 6.03 Å². The molecule has 1 aromatic heterocycles. The standard InChI is InChI=1S/C18H21ClN4O2S/c19-13-5-6-14-15(10-13)26-17(20-14)21-16(24)12-4-3-9-23(11-12)18(25)22-7-1-2-8-22/h5-6,10,12H,1-4,7-9,11H2,(H,20,21,24)/t12-/m1/s1. The fourth-order valence-corrected chi connectivity index (χ4v) is 4.78. The molecule has 0 radical (unpaired) electrons. The summed E-state index contributed by atoms with van der Waals surface area (Å²) in [6.45, 7) is 2.89. The topological polar surface area (TPSA) is 65.5 Å². The molecule has 0 spiro atoms. The summed E-state index contributed by atoms with van der Waals surface area (Å²) in [5, 5.41) is 4.16. The zero-order chi connectivity index (χ0) is 18.1. The lowest BCUT2D eigenvalue weighted by molar-refractivity contribution is -0.121. The van der Waals surface area contributed by atoms with Gasteiger partial charge in [-0.1, -0.05) is 22.9 Å². The van der Waals surface area contributed by atoms with Crippen molar-refractivity contribution in [1.82, 2.24) is 14.8 Å². The first-order chi connectivity index (χ1) is 12.6. The molecule has 1 N–H and O–H groups in total. The van der Waals surface area contributed by atoms with E-state index >= 15 is 0 Å². The highest BCUT2D eigenvalue weighted by Gasteiger charge is 2.31. The average Bonchev–Trinajstić information content (AvgIpc) is 3.30. The highest BCUT2D eigenvalue weighted by atomic mass is 35.5. The van der Waals surface area contributed by atoms with Gasteiger partial charge in [-0.15, -0.1) is 0 Å². The smallest absolute Gasteiger partial charge is 0.320 e. The number of fused-ring (bicyclic) bond motifs is 1. The van der Waals surface area contributed by atoms with Gasteiger partial charge in [-0.25, -0.2) is 9.78 Å². The Kier molecular flexibility index (Phi) is 5.00. The number of aromatic nitrogens is 1. The first-order valence-corrected chi connectivity index (χ1v) is 10.2. The third-order valence-corrected chi connectivity index (χ3v) is 6.19. The molecule has 0 aliphatic carbocycles. The molecule has 2 aromatic rings. The van der Waals surface area contributed by atoms with Crippen LogP contribution in [0.15, 0.2) is 18.2 Å². The molecule has 2 fully saturated rings. The van der Waals surface area contributed by atoms with E-state index < -0.39 is 0 Å². The number of rotatable bonds is 2. The van der Waals surface area contributed by atoms with Crippen LogP contribution in [0.1, 0.15) is 25.7 Å². The minimum absolute atomic E-state index is 0.0610. The van der Waals surface area contributed by atoms with Crippen LogP contribution in [0.25, 0.3) is 10.2 Å². The van der Waals surface area contributed by atoms with Gasteiger partial charge in [0.1, 0.15) is 0 Å². The number of hydrogen-bond acceptors (Lipinski definition) is 4.